The molecule has 3 N–H and O–H groups in total. The Labute approximate surface area is 102 Å². The molecule has 18 heavy (non-hydrogen) atoms. The average Bonchev–Trinajstić information content (AvgIpc) is 2.98. The number of benzene rings is 1. The summed E-state index contributed by atoms with van der Waals surface area (Å²) in [5, 5.41) is 7.63. The number of anilines is 1. The molecule has 0 atom stereocenters. The third-order valence-electron chi connectivity index (χ3n) is 2.54. The highest BCUT2D eigenvalue weighted by atomic mass is 32.2. The van der Waals surface area contributed by atoms with E-state index in [-0.39, 0.29) is 11.7 Å². The largest absolute Gasteiger partial charge is 0.417 e. The second-order valence-corrected chi connectivity index (χ2v) is 5.64. The number of alkyl halides is 3. The van der Waals surface area contributed by atoms with Gasteiger partial charge in [-0.15, -0.1) is 0 Å². The fourth-order valence-electron chi connectivity index (χ4n) is 1.63. The molecule has 8 heteroatoms. The molecule has 0 amide bonds. The SMILES string of the molecule is NS(=O)(=O)c1c(NC2CC2)cccc1C(F)(F)F. The zero-order chi connectivity index (χ0) is 13.6. The molecule has 1 aliphatic carbocycles. The van der Waals surface area contributed by atoms with Crippen molar-refractivity contribution in [1.82, 2.24) is 0 Å². The zero-order valence-electron chi connectivity index (χ0n) is 9.16. The number of halogens is 3. The van der Waals surface area contributed by atoms with Gasteiger partial charge in [-0.2, -0.15) is 13.2 Å². The van der Waals surface area contributed by atoms with Gasteiger partial charge < -0.3 is 5.32 Å². The lowest BCUT2D eigenvalue weighted by Gasteiger charge is -2.16. The van der Waals surface area contributed by atoms with Gasteiger partial charge in [0, 0.05) is 6.04 Å². The summed E-state index contributed by atoms with van der Waals surface area (Å²) in [7, 11) is -4.45. The van der Waals surface area contributed by atoms with Gasteiger partial charge in [0.25, 0.3) is 0 Å². The van der Waals surface area contributed by atoms with E-state index in [1.807, 2.05) is 0 Å². The van der Waals surface area contributed by atoms with Crippen molar-refractivity contribution in [3.8, 4) is 0 Å². The molecule has 1 fully saturated rings. The van der Waals surface area contributed by atoms with Crippen molar-refractivity contribution in [3.05, 3.63) is 23.8 Å². The molecule has 0 spiro atoms. The molecule has 1 aromatic rings. The highest BCUT2D eigenvalue weighted by molar-refractivity contribution is 7.89. The van der Waals surface area contributed by atoms with Crippen LogP contribution in [0.5, 0.6) is 0 Å². The third kappa shape index (κ3) is 2.75. The second kappa shape index (κ2) is 4.13. The monoisotopic (exact) mass is 280 g/mol. The molecule has 0 heterocycles. The van der Waals surface area contributed by atoms with Crippen LogP contribution in [-0.2, 0) is 16.2 Å². The van der Waals surface area contributed by atoms with Gasteiger partial charge in [0.15, 0.2) is 0 Å². The Bertz CT molecular complexity index is 565. The van der Waals surface area contributed by atoms with E-state index in [0.29, 0.717) is 6.07 Å². The molecule has 1 aromatic carbocycles. The predicted molar refractivity (Wildman–Crippen MR) is 59.5 cm³/mol. The Kier molecular flexibility index (Phi) is 3.02. The number of nitrogens with two attached hydrogens (primary N) is 1. The molecule has 0 saturated heterocycles. The predicted octanol–water partition coefficient (Wildman–Crippen LogP) is 1.93. The molecule has 0 radical (unpaired) electrons. The van der Waals surface area contributed by atoms with Crippen LogP contribution in [0.1, 0.15) is 18.4 Å². The number of primary sulfonamides is 1. The van der Waals surface area contributed by atoms with Crippen LogP contribution in [-0.4, -0.2) is 14.5 Å². The lowest BCUT2D eigenvalue weighted by Crippen LogP contribution is -2.21. The van der Waals surface area contributed by atoms with Gasteiger partial charge >= 0.3 is 6.18 Å². The van der Waals surface area contributed by atoms with Gasteiger partial charge in [0.1, 0.15) is 4.90 Å². The maximum Gasteiger partial charge on any atom is 0.417 e. The molecule has 0 aliphatic heterocycles. The lowest BCUT2D eigenvalue weighted by molar-refractivity contribution is -0.139. The molecular formula is C10H11F3N2O2S. The molecule has 4 nitrogen and oxygen atoms in total. The number of nitrogens with one attached hydrogen (secondary N) is 1. The van der Waals surface area contributed by atoms with Gasteiger partial charge in [-0.3, -0.25) is 0 Å². The Morgan fingerprint density at radius 1 is 1.28 bits per heavy atom. The summed E-state index contributed by atoms with van der Waals surface area (Å²) >= 11 is 0. The van der Waals surface area contributed by atoms with E-state index in [1.165, 1.54) is 6.07 Å². The van der Waals surface area contributed by atoms with E-state index in [9.17, 15) is 21.6 Å². The van der Waals surface area contributed by atoms with Crippen molar-refractivity contribution >= 4 is 15.7 Å². The van der Waals surface area contributed by atoms with Crippen molar-refractivity contribution in [2.45, 2.75) is 30.0 Å². The lowest BCUT2D eigenvalue weighted by atomic mass is 10.2. The van der Waals surface area contributed by atoms with Crippen LogP contribution in [0.2, 0.25) is 0 Å². The zero-order valence-corrected chi connectivity index (χ0v) is 9.98. The topological polar surface area (TPSA) is 72.2 Å². The van der Waals surface area contributed by atoms with Crippen LogP contribution in [0.15, 0.2) is 23.1 Å². The molecular weight excluding hydrogens is 269 g/mol. The maximum absolute atomic E-state index is 12.8. The Hall–Kier alpha value is -1.28. The highest BCUT2D eigenvalue weighted by Crippen LogP contribution is 2.38. The fraction of sp³-hybridized carbons (Fsp3) is 0.400. The first-order valence-corrected chi connectivity index (χ1v) is 6.74. The molecule has 1 aliphatic rings. The Morgan fingerprint density at radius 2 is 1.89 bits per heavy atom. The summed E-state index contributed by atoms with van der Waals surface area (Å²) < 4.78 is 61.0. The maximum atomic E-state index is 12.8. The van der Waals surface area contributed by atoms with Crippen molar-refractivity contribution < 1.29 is 21.6 Å². The molecule has 0 unspecified atom stereocenters. The first kappa shape index (κ1) is 13.2. The normalized spacial score (nSPS) is 16.7. The molecule has 0 bridgehead atoms. The average molecular weight is 280 g/mol. The second-order valence-electron chi connectivity index (χ2n) is 4.14. The quantitative estimate of drug-likeness (QED) is 0.888. The number of sulfonamides is 1. The van der Waals surface area contributed by atoms with E-state index in [0.717, 1.165) is 18.9 Å². The van der Waals surface area contributed by atoms with E-state index in [2.05, 4.69) is 5.32 Å². The van der Waals surface area contributed by atoms with Crippen LogP contribution in [0.3, 0.4) is 0 Å². The Balaban J connectivity index is 2.59. The van der Waals surface area contributed by atoms with Crippen LogP contribution in [0.4, 0.5) is 18.9 Å². The molecule has 0 aromatic heterocycles. The van der Waals surface area contributed by atoms with Crippen LogP contribution in [0.25, 0.3) is 0 Å². The first-order valence-electron chi connectivity index (χ1n) is 5.19. The standard InChI is InChI=1S/C10H11F3N2O2S/c11-10(12,13)7-2-1-3-8(15-6-4-5-6)9(7)18(14,16)17/h1-3,6,15H,4-5H2,(H2,14,16,17). The van der Waals surface area contributed by atoms with Crippen LogP contribution in [0, 0.1) is 0 Å². The number of hydrogen-bond acceptors (Lipinski definition) is 3. The van der Waals surface area contributed by atoms with E-state index in [4.69, 9.17) is 5.14 Å². The summed E-state index contributed by atoms with van der Waals surface area (Å²) in [6, 6.07) is 3.17. The van der Waals surface area contributed by atoms with E-state index in [1.54, 1.807) is 0 Å². The highest BCUT2D eigenvalue weighted by Gasteiger charge is 2.38. The summed E-state index contributed by atoms with van der Waals surface area (Å²) in [6.45, 7) is 0. The van der Waals surface area contributed by atoms with Gasteiger partial charge in [0.05, 0.1) is 11.3 Å². The van der Waals surface area contributed by atoms with Gasteiger partial charge in [-0.1, -0.05) is 6.07 Å². The van der Waals surface area contributed by atoms with Crippen LogP contribution < -0.4 is 10.5 Å². The minimum absolute atomic E-state index is 0.0222. The smallest absolute Gasteiger partial charge is 0.381 e. The van der Waals surface area contributed by atoms with Gasteiger partial charge in [-0.05, 0) is 25.0 Å². The van der Waals surface area contributed by atoms with Gasteiger partial charge in [-0.25, -0.2) is 13.6 Å². The van der Waals surface area contributed by atoms with Crippen molar-refractivity contribution in [2.24, 2.45) is 5.14 Å². The summed E-state index contributed by atoms with van der Waals surface area (Å²) in [4.78, 5) is -0.885. The van der Waals surface area contributed by atoms with Crippen molar-refractivity contribution in [3.63, 3.8) is 0 Å². The molecule has 1 saturated carbocycles. The number of hydrogen-bond donors (Lipinski definition) is 2. The minimum Gasteiger partial charge on any atom is -0.381 e. The minimum atomic E-state index is -4.76. The van der Waals surface area contributed by atoms with E-state index < -0.39 is 26.7 Å². The summed E-state index contributed by atoms with van der Waals surface area (Å²) in [5.41, 5.74) is -1.33. The Morgan fingerprint density at radius 3 is 2.33 bits per heavy atom. The van der Waals surface area contributed by atoms with Crippen LogP contribution >= 0.6 is 0 Å². The summed E-state index contributed by atoms with van der Waals surface area (Å²) in [6.07, 6.45) is -3.15. The molecule has 100 valence electrons. The number of rotatable bonds is 3. The molecule has 2 rings (SSSR count). The van der Waals surface area contributed by atoms with Crippen molar-refractivity contribution in [1.29, 1.82) is 0 Å². The van der Waals surface area contributed by atoms with E-state index >= 15 is 0 Å². The van der Waals surface area contributed by atoms with Gasteiger partial charge in [0.2, 0.25) is 10.0 Å². The van der Waals surface area contributed by atoms with Crippen molar-refractivity contribution in [2.75, 3.05) is 5.32 Å². The fourth-order valence-corrected chi connectivity index (χ4v) is 2.55. The first-order chi connectivity index (χ1) is 8.19. The third-order valence-corrected chi connectivity index (χ3v) is 3.55. The summed E-state index contributed by atoms with van der Waals surface area (Å²) in [5.74, 6) is 0.